The summed E-state index contributed by atoms with van der Waals surface area (Å²) in [5.41, 5.74) is 12.5. The third kappa shape index (κ3) is 4.84. The van der Waals surface area contributed by atoms with E-state index in [0.29, 0.717) is 0 Å². The fourth-order valence-corrected chi connectivity index (χ4v) is 8.44. The van der Waals surface area contributed by atoms with Crippen LogP contribution in [0.15, 0.2) is 206 Å². The van der Waals surface area contributed by atoms with E-state index in [1.807, 2.05) is 0 Å². The van der Waals surface area contributed by atoms with E-state index < -0.39 is 0 Å². The lowest BCUT2D eigenvalue weighted by molar-refractivity contribution is 1.58. The zero-order valence-corrected chi connectivity index (χ0v) is 28.6. The number of hydrogen-bond donors (Lipinski definition) is 0. The Kier molecular flexibility index (Phi) is 7.25. The molecule has 0 saturated heterocycles. The van der Waals surface area contributed by atoms with Crippen molar-refractivity contribution < 1.29 is 0 Å². The highest BCUT2D eigenvalue weighted by molar-refractivity contribution is 6.29. The van der Waals surface area contributed by atoms with Crippen LogP contribution in [0.5, 0.6) is 0 Å². The molecule has 0 aliphatic rings. The van der Waals surface area contributed by atoms with Crippen molar-refractivity contribution in [2.45, 2.75) is 0 Å². The quantitative estimate of drug-likeness (QED) is 0.161. The second-order valence-corrected chi connectivity index (χ2v) is 13.5. The fourth-order valence-electron chi connectivity index (χ4n) is 8.44. The summed E-state index contributed by atoms with van der Waals surface area (Å²) < 4.78 is 0. The van der Waals surface area contributed by atoms with Crippen molar-refractivity contribution in [3.63, 3.8) is 0 Å². The molecule has 0 nitrogen and oxygen atoms in total. The molecule has 0 saturated carbocycles. The van der Waals surface area contributed by atoms with Crippen molar-refractivity contribution in [1.29, 1.82) is 0 Å². The smallest absolute Gasteiger partial charge is 0.00139 e. The second kappa shape index (κ2) is 12.5. The molecule has 0 radical (unpaired) electrons. The Labute approximate surface area is 303 Å². The Balaban J connectivity index is 1.24. The SMILES string of the molecule is c1ccc(-c2ccccc2-c2ccc(-c3c4ccccc4c(-c4c5ccccc5c(-c5ccccc5)c5ccccc45)c4ccccc34)cc2)cc1. The molecule has 10 aromatic carbocycles. The first-order chi connectivity index (χ1) is 25.8. The van der Waals surface area contributed by atoms with Crippen molar-refractivity contribution in [2.24, 2.45) is 0 Å². The van der Waals surface area contributed by atoms with Gasteiger partial charge in [-0.15, -0.1) is 0 Å². The van der Waals surface area contributed by atoms with Crippen molar-refractivity contribution in [2.75, 3.05) is 0 Å². The van der Waals surface area contributed by atoms with Gasteiger partial charge in [-0.25, -0.2) is 0 Å². The van der Waals surface area contributed by atoms with Crippen molar-refractivity contribution in [1.82, 2.24) is 0 Å². The van der Waals surface area contributed by atoms with Crippen LogP contribution in [0, 0.1) is 0 Å². The maximum absolute atomic E-state index is 2.32. The van der Waals surface area contributed by atoms with E-state index in [-0.39, 0.29) is 0 Å². The van der Waals surface area contributed by atoms with E-state index in [4.69, 9.17) is 0 Å². The Morgan fingerprint density at radius 3 is 0.750 bits per heavy atom. The van der Waals surface area contributed by atoms with Gasteiger partial charge in [0.1, 0.15) is 0 Å². The van der Waals surface area contributed by atoms with Crippen LogP contribution in [0.1, 0.15) is 0 Å². The van der Waals surface area contributed by atoms with Gasteiger partial charge in [0.25, 0.3) is 0 Å². The monoisotopic (exact) mass is 658 g/mol. The lowest BCUT2D eigenvalue weighted by Gasteiger charge is -2.22. The molecule has 242 valence electrons. The minimum absolute atomic E-state index is 1.21. The Bertz CT molecular complexity index is 2800. The number of fused-ring (bicyclic) bond motifs is 4. The number of hydrogen-bond acceptors (Lipinski definition) is 0. The summed E-state index contributed by atoms with van der Waals surface area (Å²) >= 11 is 0. The average molecular weight is 659 g/mol. The molecule has 10 aromatic rings. The molecule has 0 bridgehead atoms. The van der Waals surface area contributed by atoms with E-state index >= 15 is 0 Å². The predicted octanol–water partition coefficient (Wildman–Crippen LogP) is 14.6. The molecule has 0 aromatic heterocycles. The number of rotatable bonds is 5. The minimum atomic E-state index is 1.21. The number of benzene rings is 10. The second-order valence-electron chi connectivity index (χ2n) is 13.5. The average Bonchev–Trinajstić information content (AvgIpc) is 3.23. The van der Waals surface area contributed by atoms with Crippen molar-refractivity contribution in [3.05, 3.63) is 206 Å². The molecule has 10 rings (SSSR count). The summed E-state index contributed by atoms with van der Waals surface area (Å²) in [7, 11) is 0. The molecule has 0 aliphatic heterocycles. The third-order valence-electron chi connectivity index (χ3n) is 10.7. The van der Waals surface area contributed by atoms with Crippen LogP contribution in [0.4, 0.5) is 0 Å². The van der Waals surface area contributed by atoms with Crippen LogP contribution in [-0.4, -0.2) is 0 Å². The van der Waals surface area contributed by atoms with Crippen molar-refractivity contribution >= 4 is 43.1 Å². The molecule has 0 aliphatic carbocycles. The van der Waals surface area contributed by atoms with Gasteiger partial charge in [-0.3, -0.25) is 0 Å². The minimum Gasteiger partial charge on any atom is -0.0622 e. The molecule has 0 atom stereocenters. The largest absolute Gasteiger partial charge is 0.0622 e. The van der Waals surface area contributed by atoms with Gasteiger partial charge in [0, 0.05) is 0 Å². The standard InChI is InChI=1S/C52H34/c1-3-17-35(18-4-1)39-21-7-8-22-40(39)36-31-33-38(34-32-36)50-43-25-11-15-29-47(43)52(48-30-16-12-26-44(48)50)51-45-27-13-9-23-41(45)49(37-19-5-2-6-20-37)42-24-10-14-28-46(42)51/h1-34H. The molecular formula is C52H34. The van der Waals surface area contributed by atoms with Gasteiger partial charge in [-0.2, -0.15) is 0 Å². The van der Waals surface area contributed by atoms with E-state index in [1.165, 1.54) is 98.7 Å². The highest BCUT2D eigenvalue weighted by Crippen LogP contribution is 2.50. The van der Waals surface area contributed by atoms with Gasteiger partial charge in [-0.1, -0.05) is 206 Å². The maximum Gasteiger partial charge on any atom is -0.00139 e. The normalized spacial score (nSPS) is 11.5. The Morgan fingerprint density at radius 1 is 0.154 bits per heavy atom. The predicted molar refractivity (Wildman–Crippen MR) is 224 cm³/mol. The van der Waals surface area contributed by atoms with Gasteiger partial charge in [0.2, 0.25) is 0 Å². The first-order valence-electron chi connectivity index (χ1n) is 18.0. The van der Waals surface area contributed by atoms with E-state index in [1.54, 1.807) is 0 Å². The summed E-state index contributed by atoms with van der Waals surface area (Å²) in [6, 6.07) is 75.4. The lowest BCUT2D eigenvalue weighted by Crippen LogP contribution is -1.94. The summed E-state index contributed by atoms with van der Waals surface area (Å²) in [6.45, 7) is 0. The first kappa shape index (κ1) is 30.1. The molecule has 0 heterocycles. The van der Waals surface area contributed by atoms with Gasteiger partial charge in [0.05, 0.1) is 0 Å². The van der Waals surface area contributed by atoms with E-state index in [2.05, 4.69) is 206 Å². The summed E-state index contributed by atoms with van der Waals surface area (Å²) in [5, 5.41) is 10.1. The fraction of sp³-hybridized carbons (Fsp3) is 0. The first-order valence-corrected chi connectivity index (χ1v) is 18.0. The molecule has 0 unspecified atom stereocenters. The van der Waals surface area contributed by atoms with Crippen LogP contribution < -0.4 is 0 Å². The van der Waals surface area contributed by atoms with Crippen LogP contribution >= 0.6 is 0 Å². The Morgan fingerprint density at radius 2 is 0.385 bits per heavy atom. The van der Waals surface area contributed by atoms with Gasteiger partial charge < -0.3 is 0 Å². The van der Waals surface area contributed by atoms with Crippen LogP contribution in [0.3, 0.4) is 0 Å². The third-order valence-corrected chi connectivity index (χ3v) is 10.7. The maximum atomic E-state index is 2.32. The van der Waals surface area contributed by atoms with Crippen LogP contribution in [-0.2, 0) is 0 Å². The van der Waals surface area contributed by atoms with Gasteiger partial charge >= 0.3 is 0 Å². The van der Waals surface area contributed by atoms with Gasteiger partial charge in [0.15, 0.2) is 0 Å². The van der Waals surface area contributed by atoms with Gasteiger partial charge in [-0.05, 0) is 98.7 Å². The summed E-state index contributed by atoms with van der Waals surface area (Å²) in [5.74, 6) is 0. The van der Waals surface area contributed by atoms with Crippen LogP contribution in [0.25, 0.3) is 98.7 Å². The highest BCUT2D eigenvalue weighted by atomic mass is 14.2. The molecule has 0 heteroatoms. The van der Waals surface area contributed by atoms with E-state index in [0.717, 1.165) is 0 Å². The molecular weight excluding hydrogens is 625 g/mol. The highest BCUT2D eigenvalue weighted by Gasteiger charge is 2.22. The van der Waals surface area contributed by atoms with Crippen LogP contribution in [0.2, 0.25) is 0 Å². The molecule has 0 N–H and O–H groups in total. The Hall–Kier alpha value is -6.76. The molecule has 0 amide bonds. The summed E-state index contributed by atoms with van der Waals surface area (Å²) in [4.78, 5) is 0. The van der Waals surface area contributed by atoms with E-state index in [9.17, 15) is 0 Å². The molecule has 0 fully saturated rings. The molecule has 0 spiro atoms. The zero-order chi connectivity index (χ0) is 34.4. The zero-order valence-electron chi connectivity index (χ0n) is 28.6. The summed E-state index contributed by atoms with van der Waals surface area (Å²) in [6.07, 6.45) is 0. The molecule has 52 heavy (non-hydrogen) atoms. The lowest BCUT2D eigenvalue weighted by atomic mass is 9.81. The van der Waals surface area contributed by atoms with Crippen molar-refractivity contribution in [3.8, 4) is 55.6 Å². The topological polar surface area (TPSA) is 0 Å².